The number of aryl methyl sites for hydroxylation is 1. The maximum Gasteiger partial charge on any atom is 0.133 e. The van der Waals surface area contributed by atoms with E-state index >= 15 is 0 Å². The van der Waals surface area contributed by atoms with Crippen LogP contribution in [-0.2, 0) is 6.42 Å². The normalized spacial score (nSPS) is 15.2. The first-order chi connectivity index (χ1) is 10.1. The van der Waals surface area contributed by atoms with E-state index in [9.17, 15) is 13.2 Å². The van der Waals surface area contributed by atoms with Crippen molar-refractivity contribution in [3.05, 3.63) is 64.5 Å². The first kappa shape index (κ1) is 14.4. The Hall–Kier alpha value is -1.49. The largest absolute Gasteiger partial charge is 0.493 e. The van der Waals surface area contributed by atoms with Gasteiger partial charge in [-0.2, -0.15) is 0 Å². The van der Waals surface area contributed by atoms with Crippen LogP contribution in [0.4, 0.5) is 13.2 Å². The molecule has 0 aromatic heterocycles. The average Bonchev–Trinajstić information content (AvgIpc) is 2.45. The molecule has 0 saturated carbocycles. The van der Waals surface area contributed by atoms with Gasteiger partial charge in [0.05, 0.1) is 11.4 Å². The Balaban J connectivity index is 2.01. The molecule has 110 valence electrons. The molecule has 21 heavy (non-hydrogen) atoms. The number of hydrogen-bond donors (Lipinski definition) is 0. The number of hydrogen-bond acceptors (Lipinski definition) is 1. The van der Waals surface area contributed by atoms with E-state index in [0.717, 1.165) is 24.2 Å². The van der Waals surface area contributed by atoms with E-state index < -0.39 is 22.3 Å². The minimum atomic E-state index is -0.924. The van der Waals surface area contributed by atoms with Crippen molar-refractivity contribution < 1.29 is 17.9 Å². The maximum absolute atomic E-state index is 13.9. The molecule has 1 aliphatic heterocycles. The Morgan fingerprint density at radius 2 is 1.76 bits per heavy atom. The molecule has 2 aromatic rings. The molecule has 1 heterocycles. The number of rotatable bonds is 2. The van der Waals surface area contributed by atoms with Crippen LogP contribution in [0.25, 0.3) is 0 Å². The lowest BCUT2D eigenvalue weighted by atomic mass is 9.98. The molecule has 2 aromatic carbocycles. The lowest BCUT2D eigenvalue weighted by Gasteiger charge is -2.20. The molecule has 0 aliphatic carbocycles. The molecule has 3 rings (SSSR count). The van der Waals surface area contributed by atoms with Crippen molar-refractivity contribution in [2.45, 2.75) is 17.7 Å². The Labute approximate surface area is 128 Å². The van der Waals surface area contributed by atoms with Crippen molar-refractivity contribution in [3.8, 4) is 5.75 Å². The molecule has 0 saturated heterocycles. The van der Waals surface area contributed by atoms with Crippen LogP contribution >= 0.6 is 15.9 Å². The lowest BCUT2D eigenvalue weighted by Crippen LogP contribution is -2.09. The molecule has 0 radical (unpaired) electrons. The van der Waals surface area contributed by atoms with Crippen LogP contribution in [0, 0.1) is 17.5 Å². The van der Waals surface area contributed by atoms with Crippen LogP contribution in [0.2, 0.25) is 0 Å². The van der Waals surface area contributed by atoms with Gasteiger partial charge in [-0.1, -0.05) is 28.1 Å². The van der Waals surface area contributed by atoms with Crippen molar-refractivity contribution in [1.29, 1.82) is 0 Å². The molecule has 1 aliphatic rings. The fourth-order valence-electron chi connectivity index (χ4n) is 2.50. The third-order valence-corrected chi connectivity index (χ3v) is 4.51. The minimum Gasteiger partial charge on any atom is -0.493 e. The van der Waals surface area contributed by atoms with Gasteiger partial charge in [0.25, 0.3) is 0 Å². The Morgan fingerprint density at radius 3 is 2.48 bits per heavy atom. The molecule has 0 spiro atoms. The summed E-state index contributed by atoms with van der Waals surface area (Å²) in [5.41, 5.74) is 1.54. The standard InChI is InChI=1S/C16H12BrF3O/c17-16(15-12(19)7-11(18)8-13(15)20)10-3-4-14-9(6-10)2-1-5-21-14/h3-4,6-8,16H,1-2,5H2. The molecule has 1 nitrogen and oxygen atoms in total. The molecule has 1 unspecified atom stereocenters. The average molecular weight is 357 g/mol. The molecule has 1 atom stereocenters. The highest BCUT2D eigenvalue weighted by molar-refractivity contribution is 9.09. The Kier molecular flexibility index (Phi) is 3.93. The highest BCUT2D eigenvalue weighted by Crippen LogP contribution is 2.37. The lowest BCUT2D eigenvalue weighted by molar-refractivity contribution is 0.288. The second-order valence-electron chi connectivity index (χ2n) is 4.96. The van der Waals surface area contributed by atoms with Crippen molar-refractivity contribution in [2.75, 3.05) is 6.61 Å². The summed E-state index contributed by atoms with van der Waals surface area (Å²) >= 11 is 3.30. The Morgan fingerprint density at radius 1 is 1.05 bits per heavy atom. The van der Waals surface area contributed by atoms with Crippen LogP contribution in [0.1, 0.15) is 27.9 Å². The van der Waals surface area contributed by atoms with Gasteiger partial charge in [0.15, 0.2) is 0 Å². The second-order valence-corrected chi connectivity index (χ2v) is 5.88. The summed E-state index contributed by atoms with van der Waals surface area (Å²) in [7, 11) is 0. The smallest absolute Gasteiger partial charge is 0.133 e. The van der Waals surface area contributed by atoms with Gasteiger partial charge < -0.3 is 4.74 Å². The minimum absolute atomic E-state index is 0.187. The van der Waals surface area contributed by atoms with Crippen LogP contribution in [0.3, 0.4) is 0 Å². The fraction of sp³-hybridized carbons (Fsp3) is 0.250. The van der Waals surface area contributed by atoms with E-state index in [2.05, 4.69) is 15.9 Å². The molecule has 5 heteroatoms. The third-order valence-electron chi connectivity index (χ3n) is 3.52. The van der Waals surface area contributed by atoms with Crippen molar-refractivity contribution in [2.24, 2.45) is 0 Å². The second kappa shape index (κ2) is 5.72. The molecular weight excluding hydrogens is 345 g/mol. The molecule has 0 fully saturated rings. The summed E-state index contributed by atoms with van der Waals surface area (Å²) < 4.78 is 46.2. The SMILES string of the molecule is Fc1cc(F)c(C(Br)c2ccc3c(c2)CCCO3)c(F)c1. The summed E-state index contributed by atoms with van der Waals surface area (Å²) in [6.07, 6.45) is 1.79. The number of ether oxygens (including phenoxy) is 1. The predicted molar refractivity (Wildman–Crippen MR) is 77.3 cm³/mol. The molecule has 0 N–H and O–H groups in total. The van der Waals surface area contributed by atoms with Gasteiger partial charge in [0.2, 0.25) is 0 Å². The summed E-state index contributed by atoms with van der Waals surface area (Å²) in [6.45, 7) is 0.686. The first-order valence-electron chi connectivity index (χ1n) is 6.60. The van der Waals surface area contributed by atoms with Gasteiger partial charge in [-0.05, 0) is 30.0 Å². The van der Waals surface area contributed by atoms with E-state index in [0.29, 0.717) is 24.3 Å². The summed E-state index contributed by atoms with van der Waals surface area (Å²) in [5, 5.41) is 0. The van der Waals surface area contributed by atoms with Gasteiger partial charge >= 0.3 is 0 Å². The van der Waals surface area contributed by atoms with Crippen LogP contribution in [0.15, 0.2) is 30.3 Å². The molecule has 0 bridgehead atoms. The van der Waals surface area contributed by atoms with Crippen LogP contribution < -0.4 is 4.74 Å². The third kappa shape index (κ3) is 2.79. The quantitative estimate of drug-likeness (QED) is 0.694. The topological polar surface area (TPSA) is 9.23 Å². The van der Waals surface area contributed by atoms with Gasteiger partial charge in [-0.3, -0.25) is 0 Å². The molecular formula is C16H12BrF3O. The van der Waals surface area contributed by atoms with Crippen molar-refractivity contribution in [1.82, 2.24) is 0 Å². The number of halogens is 4. The van der Waals surface area contributed by atoms with Crippen molar-refractivity contribution >= 4 is 15.9 Å². The van der Waals surface area contributed by atoms with Crippen LogP contribution in [0.5, 0.6) is 5.75 Å². The van der Waals surface area contributed by atoms with Crippen molar-refractivity contribution in [3.63, 3.8) is 0 Å². The van der Waals surface area contributed by atoms with Crippen LogP contribution in [-0.4, -0.2) is 6.61 Å². The number of alkyl halides is 1. The van der Waals surface area contributed by atoms with Gasteiger partial charge in [-0.25, -0.2) is 13.2 Å². The zero-order chi connectivity index (χ0) is 15.0. The number of benzene rings is 2. The van der Waals surface area contributed by atoms with E-state index in [1.165, 1.54) is 0 Å². The van der Waals surface area contributed by atoms with E-state index in [1.807, 2.05) is 6.07 Å². The van der Waals surface area contributed by atoms with Gasteiger partial charge in [-0.15, -0.1) is 0 Å². The zero-order valence-corrected chi connectivity index (χ0v) is 12.6. The van der Waals surface area contributed by atoms with Gasteiger partial charge in [0, 0.05) is 17.7 Å². The van der Waals surface area contributed by atoms with E-state index in [1.54, 1.807) is 12.1 Å². The maximum atomic E-state index is 13.9. The zero-order valence-electron chi connectivity index (χ0n) is 11.0. The summed E-state index contributed by atoms with van der Waals surface area (Å²) in [5.74, 6) is -1.91. The summed E-state index contributed by atoms with van der Waals surface area (Å²) in [4.78, 5) is -0.676. The highest BCUT2D eigenvalue weighted by Gasteiger charge is 2.22. The first-order valence-corrected chi connectivity index (χ1v) is 7.52. The monoisotopic (exact) mass is 356 g/mol. The summed E-state index contributed by atoms with van der Waals surface area (Å²) in [6, 6.07) is 6.81. The highest BCUT2D eigenvalue weighted by atomic mass is 79.9. The predicted octanol–water partition coefficient (Wildman–Crippen LogP) is 4.91. The van der Waals surface area contributed by atoms with E-state index in [4.69, 9.17) is 4.74 Å². The Bertz CT molecular complexity index is 664. The fourth-order valence-corrected chi connectivity index (χ4v) is 3.22. The van der Waals surface area contributed by atoms with E-state index in [-0.39, 0.29) is 5.56 Å². The number of fused-ring (bicyclic) bond motifs is 1. The molecule has 0 amide bonds. The van der Waals surface area contributed by atoms with Gasteiger partial charge in [0.1, 0.15) is 23.2 Å².